The normalized spacial score (nSPS) is 11.2. The van der Waals surface area contributed by atoms with Crippen LogP contribution in [0.3, 0.4) is 0 Å². The minimum absolute atomic E-state index is 0.953. The van der Waals surface area contributed by atoms with Crippen LogP contribution in [0.25, 0.3) is 32.9 Å². The predicted molar refractivity (Wildman–Crippen MR) is 78.2 cm³/mol. The van der Waals surface area contributed by atoms with E-state index in [1.807, 2.05) is 30.6 Å². The van der Waals surface area contributed by atoms with E-state index in [0.717, 1.165) is 27.5 Å². The number of hydrogen-bond donors (Lipinski definition) is 0. The molecule has 0 radical (unpaired) electrons. The molecule has 0 unspecified atom stereocenters. The van der Waals surface area contributed by atoms with Gasteiger partial charge in [0.1, 0.15) is 11.0 Å². The van der Waals surface area contributed by atoms with Crippen molar-refractivity contribution in [2.75, 3.05) is 0 Å². The number of aromatic nitrogens is 3. The standard InChI is InChI=1S/C15H9N3S/c1-2-13(15-14(3-1)17-19-18-15)11-5-4-10-6-7-16-9-12(10)8-11/h1-9H. The highest BCUT2D eigenvalue weighted by Crippen LogP contribution is 2.29. The third-order valence-electron chi connectivity index (χ3n) is 3.24. The molecule has 0 fully saturated rings. The van der Waals surface area contributed by atoms with E-state index in [9.17, 15) is 0 Å². The summed E-state index contributed by atoms with van der Waals surface area (Å²) in [5.41, 5.74) is 4.19. The highest BCUT2D eigenvalue weighted by Gasteiger charge is 2.07. The summed E-state index contributed by atoms with van der Waals surface area (Å²) in [6.07, 6.45) is 3.70. The number of rotatable bonds is 1. The van der Waals surface area contributed by atoms with E-state index in [1.165, 1.54) is 17.1 Å². The number of fused-ring (bicyclic) bond motifs is 2. The maximum absolute atomic E-state index is 4.39. The van der Waals surface area contributed by atoms with Gasteiger partial charge in [-0.15, -0.1) is 0 Å². The van der Waals surface area contributed by atoms with E-state index < -0.39 is 0 Å². The Morgan fingerprint density at radius 1 is 0.895 bits per heavy atom. The van der Waals surface area contributed by atoms with Crippen molar-refractivity contribution in [1.29, 1.82) is 0 Å². The third-order valence-corrected chi connectivity index (χ3v) is 3.78. The molecule has 0 amide bonds. The maximum Gasteiger partial charge on any atom is 0.112 e. The fourth-order valence-corrected chi connectivity index (χ4v) is 2.84. The zero-order valence-corrected chi connectivity index (χ0v) is 10.8. The Bertz CT molecular complexity index is 882. The molecule has 0 bridgehead atoms. The zero-order chi connectivity index (χ0) is 12.7. The fourth-order valence-electron chi connectivity index (χ4n) is 2.29. The van der Waals surface area contributed by atoms with Gasteiger partial charge in [-0.25, -0.2) is 0 Å². The van der Waals surface area contributed by atoms with E-state index >= 15 is 0 Å². The molecule has 3 nitrogen and oxygen atoms in total. The first kappa shape index (κ1) is 10.6. The van der Waals surface area contributed by atoms with Crippen molar-refractivity contribution < 1.29 is 0 Å². The molecule has 90 valence electrons. The summed E-state index contributed by atoms with van der Waals surface area (Å²) in [6, 6.07) is 14.5. The van der Waals surface area contributed by atoms with Crippen LogP contribution in [-0.4, -0.2) is 13.7 Å². The minimum atomic E-state index is 0.953. The average molecular weight is 263 g/mol. The molecule has 2 heterocycles. The van der Waals surface area contributed by atoms with Crippen molar-refractivity contribution in [3.05, 3.63) is 54.9 Å². The third kappa shape index (κ3) is 1.69. The summed E-state index contributed by atoms with van der Waals surface area (Å²) in [5.74, 6) is 0. The first-order valence-electron chi connectivity index (χ1n) is 5.97. The lowest BCUT2D eigenvalue weighted by Gasteiger charge is -2.04. The van der Waals surface area contributed by atoms with Crippen LogP contribution in [-0.2, 0) is 0 Å². The van der Waals surface area contributed by atoms with Gasteiger partial charge in [0, 0.05) is 23.3 Å². The summed E-state index contributed by atoms with van der Waals surface area (Å²) in [4.78, 5) is 4.17. The minimum Gasteiger partial charge on any atom is -0.264 e. The topological polar surface area (TPSA) is 38.7 Å². The lowest BCUT2D eigenvalue weighted by atomic mass is 10.0. The molecule has 19 heavy (non-hydrogen) atoms. The van der Waals surface area contributed by atoms with Crippen molar-refractivity contribution in [1.82, 2.24) is 13.7 Å². The number of nitrogens with zero attached hydrogens (tertiary/aromatic N) is 3. The van der Waals surface area contributed by atoms with Crippen LogP contribution in [0, 0.1) is 0 Å². The molecule has 2 aromatic heterocycles. The number of pyridine rings is 1. The molecule has 0 aliphatic heterocycles. The molecule has 0 saturated carbocycles. The van der Waals surface area contributed by atoms with Gasteiger partial charge in [-0.05, 0) is 29.1 Å². The summed E-state index contributed by atoms with van der Waals surface area (Å²) < 4.78 is 8.68. The van der Waals surface area contributed by atoms with Crippen LogP contribution in [0.4, 0.5) is 0 Å². The number of benzene rings is 2. The van der Waals surface area contributed by atoms with Crippen LogP contribution in [0.5, 0.6) is 0 Å². The predicted octanol–water partition coefficient (Wildman–Crippen LogP) is 3.91. The average Bonchev–Trinajstić information content (AvgIpc) is 2.95. The van der Waals surface area contributed by atoms with Crippen LogP contribution in [0.1, 0.15) is 0 Å². The Morgan fingerprint density at radius 2 is 1.89 bits per heavy atom. The van der Waals surface area contributed by atoms with Gasteiger partial charge in [-0.1, -0.05) is 24.3 Å². The van der Waals surface area contributed by atoms with E-state index in [1.54, 1.807) is 0 Å². The zero-order valence-electron chi connectivity index (χ0n) is 9.95. The summed E-state index contributed by atoms with van der Waals surface area (Å²) >= 11 is 1.25. The van der Waals surface area contributed by atoms with Crippen molar-refractivity contribution in [3.8, 4) is 11.1 Å². The van der Waals surface area contributed by atoms with Crippen molar-refractivity contribution in [2.45, 2.75) is 0 Å². The molecule has 0 atom stereocenters. The monoisotopic (exact) mass is 263 g/mol. The fraction of sp³-hybridized carbons (Fsp3) is 0. The van der Waals surface area contributed by atoms with Crippen LogP contribution in [0.15, 0.2) is 54.9 Å². The molecule has 0 spiro atoms. The van der Waals surface area contributed by atoms with E-state index in [-0.39, 0.29) is 0 Å². The van der Waals surface area contributed by atoms with Crippen LogP contribution >= 0.6 is 11.7 Å². The SMILES string of the molecule is c1cc(-c2ccc3ccncc3c2)c2nsnc2c1. The van der Waals surface area contributed by atoms with E-state index in [4.69, 9.17) is 0 Å². The first-order chi connectivity index (χ1) is 9.42. The molecule has 4 aromatic rings. The largest absolute Gasteiger partial charge is 0.264 e. The van der Waals surface area contributed by atoms with Crippen molar-refractivity contribution >= 4 is 33.5 Å². The van der Waals surface area contributed by atoms with Gasteiger partial charge in [-0.3, -0.25) is 4.98 Å². The summed E-state index contributed by atoms with van der Waals surface area (Å²) in [7, 11) is 0. The molecule has 2 aromatic carbocycles. The quantitative estimate of drug-likeness (QED) is 0.522. The molecular formula is C15H9N3S. The first-order valence-corrected chi connectivity index (χ1v) is 6.70. The van der Waals surface area contributed by atoms with Crippen LogP contribution in [0.2, 0.25) is 0 Å². The highest BCUT2D eigenvalue weighted by molar-refractivity contribution is 7.00. The Kier molecular flexibility index (Phi) is 2.28. The molecule has 0 saturated heterocycles. The molecule has 4 rings (SSSR count). The second-order valence-corrected chi connectivity index (χ2v) is 4.90. The Balaban J connectivity index is 2.01. The molecule has 0 aliphatic carbocycles. The van der Waals surface area contributed by atoms with Crippen LogP contribution < -0.4 is 0 Å². The van der Waals surface area contributed by atoms with E-state index in [0.29, 0.717) is 0 Å². The molecule has 0 aliphatic rings. The lowest BCUT2D eigenvalue weighted by molar-refractivity contribution is 1.36. The second-order valence-electron chi connectivity index (χ2n) is 4.38. The van der Waals surface area contributed by atoms with Gasteiger partial charge in [0.15, 0.2) is 0 Å². The van der Waals surface area contributed by atoms with Gasteiger partial charge in [0.25, 0.3) is 0 Å². The second kappa shape index (κ2) is 4.10. The Morgan fingerprint density at radius 3 is 2.89 bits per heavy atom. The van der Waals surface area contributed by atoms with Gasteiger partial charge < -0.3 is 0 Å². The highest BCUT2D eigenvalue weighted by atomic mass is 32.1. The Labute approximate surface area is 113 Å². The Hall–Kier alpha value is -2.33. The molecule has 0 N–H and O–H groups in total. The lowest BCUT2D eigenvalue weighted by Crippen LogP contribution is -1.82. The van der Waals surface area contributed by atoms with Crippen molar-refractivity contribution in [3.63, 3.8) is 0 Å². The molecular weight excluding hydrogens is 254 g/mol. The van der Waals surface area contributed by atoms with Gasteiger partial charge in [0.05, 0.1) is 11.7 Å². The smallest absolute Gasteiger partial charge is 0.112 e. The molecule has 4 heteroatoms. The summed E-state index contributed by atoms with van der Waals surface area (Å²) in [5, 5.41) is 2.34. The van der Waals surface area contributed by atoms with E-state index in [2.05, 4.69) is 38.0 Å². The van der Waals surface area contributed by atoms with Gasteiger partial charge in [-0.2, -0.15) is 8.75 Å². The maximum atomic E-state index is 4.39. The van der Waals surface area contributed by atoms with Gasteiger partial charge >= 0.3 is 0 Å². The van der Waals surface area contributed by atoms with Gasteiger partial charge in [0.2, 0.25) is 0 Å². The summed E-state index contributed by atoms with van der Waals surface area (Å²) in [6.45, 7) is 0. The van der Waals surface area contributed by atoms with Crippen molar-refractivity contribution in [2.24, 2.45) is 0 Å². The number of hydrogen-bond acceptors (Lipinski definition) is 4.